The monoisotopic (exact) mass is 329 g/mol. The second-order valence-corrected chi connectivity index (χ2v) is 6.90. The van der Waals surface area contributed by atoms with Crippen LogP contribution in [0.2, 0.25) is 0 Å². The Bertz CT molecular complexity index is 666. The first-order valence-electron chi connectivity index (χ1n) is 8.96. The molecule has 2 aromatic heterocycles. The lowest BCUT2D eigenvalue weighted by Crippen LogP contribution is -2.37. The Labute approximate surface area is 141 Å². The molecule has 6 heteroatoms. The highest BCUT2D eigenvalue weighted by Crippen LogP contribution is 2.33. The van der Waals surface area contributed by atoms with Crippen LogP contribution in [0.4, 0.5) is 0 Å². The van der Waals surface area contributed by atoms with Crippen molar-refractivity contribution in [1.29, 1.82) is 0 Å². The number of carbonyl (C=O) groups excluding carboxylic acids is 1. The van der Waals surface area contributed by atoms with Gasteiger partial charge < -0.3 is 13.8 Å². The third kappa shape index (κ3) is 3.09. The Morgan fingerprint density at radius 2 is 1.88 bits per heavy atom. The van der Waals surface area contributed by atoms with E-state index in [-0.39, 0.29) is 11.8 Å². The molecule has 0 aromatic carbocycles. The van der Waals surface area contributed by atoms with Gasteiger partial charge in [0.25, 0.3) is 5.91 Å². The zero-order chi connectivity index (χ0) is 16.4. The Balaban J connectivity index is 1.36. The maximum Gasteiger partial charge on any atom is 0.257 e. The zero-order valence-corrected chi connectivity index (χ0v) is 13.8. The predicted octanol–water partition coefficient (Wildman–Crippen LogP) is 3.73. The molecule has 1 amide bonds. The van der Waals surface area contributed by atoms with E-state index in [1.165, 1.54) is 44.6 Å². The summed E-state index contributed by atoms with van der Waals surface area (Å²) in [6.45, 7) is 1.44. The molecular weight excluding hydrogens is 306 g/mol. The summed E-state index contributed by atoms with van der Waals surface area (Å²) in [5.41, 5.74) is 0.617. The largest absolute Gasteiger partial charge is 0.472 e. The molecular formula is C18H23N3O3. The van der Waals surface area contributed by atoms with Crippen LogP contribution in [-0.4, -0.2) is 34.0 Å². The molecule has 2 aromatic rings. The van der Waals surface area contributed by atoms with E-state index in [0.717, 1.165) is 37.6 Å². The number of rotatable bonds is 3. The standard InChI is InChI=1S/C18H23N3O3/c22-18(15-8-11-23-12-15)21-9-6-14(7-10-21)17-19-16(20-24-17)13-4-2-1-3-5-13/h8,11-14H,1-7,9-10H2. The molecule has 128 valence electrons. The van der Waals surface area contributed by atoms with Crippen LogP contribution in [0.1, 0.15) is 78.9 Å². The maximum atomic E-state index is 12.3. The van der Waals surface area contributed by atoms with Crippen molar-refractivity contribution in [3.8, 4) is 0 Å². The lowest BCUT2D eigenvalue weighted by molar-refractivity contribution is 0.0704. The lowest BCUT2D eigenvalue weighted by atomic mass is 9.89. The van der Waals surface area contributed by atoms with Gasteiger partial charge in [-0.1, -0.05) is 24.4 Å². The zero-order valence-electron chi connectivity index (χ0n) is 13.8. The molecule has 0 bridgehead atoms. The van der Waals surface area contributed by atoms with Crippen LogP contribution in [0.3, 0.4) is 0 Å². The van der Waals surface area contributed by atoms with Crippen molar-refractivity contribution in [2.45, 2.75) is 56.8 Å². The minimum atomic E-state index is 0.0376. The van der Waals surface area contributed by atoms with E-state index in [1.54, 1.807) is 6.07 Å². The number of nitrogens with zero attached hydrogens (tertiary/aromatic N) is 3. The first-order valence-corrected chi connectivity index (χ1v) is 8.96. The molecule has 1 aliphatic heterocycles. The molecule has 0 N–H and O–H groups in total. The minimum Gasteiger partial charge on any atom is -0.472 e. The number of hydrogen-bond acceptors (Lipinski definition) is 5. The van der Waals surface area contributed by atoms with Crippen molar-refractivity contribution >= 4 is 5.91 Å². The van der Waals surface area contributed by atoms with Crippen molar-refractivity contribution in [3.05, 3.63) is 35.9 Å². The van der Waals surface area contributed by atoms with Crippen LogP contribution in [0.25, 0.3) is 0 Å². The second-order valence-electron chi connectivity index (χ2n) is 6.90. The van der Waals surface area contributed by atoms with Crippen LogP contribution in [0, 0.1) is 0 Å². The van der Waals surface area contributed by atoms with E-state index in [2.05, 4.69) is 10.1 Å². The van der Waals surface area contributed by atoms with Crippen molar-refractivity contribution < 1.29 is 13.7 Å². The van der Waals surface area contributed by atoms with E-state index in [4.69, 9.17) is 8.94 Å². The number of amides is 1. The predicted molar refractivity (Wildman–Crippen MR) is 86.7 cm³/mol. The molecule has 3 heterocycles. The summed E-state index contributed by atoms with van der Waals surface area (Å²) in [7, 11) is 0. The van der Waals surface area contributed by atoms with Gasteiger partial charge in [-0.15, -0.1) is 0 Å². The third-order valence-corrected chi connectivity index (χ3v) is 5.33. The molecule has 24 heavy (non-hydrogen) atoms. The summed E-state index contributed by atoms with van der Waals surface area (Å²) in [4.78, 5) is 18.9. The molecule has 0 radical (unpaired) electrons. The summed E-state index contributed by atoms with van der Waals surface area (Å²) < 4.78 is 10.5. The van der Waals surface area contributed by atoms with Gasteiger partial charge in [-0.2, -0.15) is 4.98 Å². The molecule has 6 nitrogen and oxygen atoms in total. The molecule has 2 aliphatic rings. The average Bonchev–Trinajstić information content (AvgIpc) is 3.34. The summed E-state index contributed by atoms with van der Waals surface area (Å²) >= 11 is 0. The fraction of sp³-hybridized carbons (Fsp3) is 0.611. The molecule has 1 saturated heterocycles. The second kappa shape index (κ2) is 6.79. The fourth-order valence-corrected chi connectivity index (χ4v) is 3.84. The van der Waals surface area contributed by atoms with Crippen LogP contribution in [0.5, 0.6) is 0 Å². The molecule has 0 spiro atoms. The maximum absolute atomic E-state index is 12.3. The number of piperidine rings is 1. The van der Waals surface area contributed by atoms with E-state index in [9.17, 15) is 4.79 Å². The average molecular weight is 329 g/mol. The smallest absolute Gasteiger partial charge is 0.257 e. The van der Waals surface area contributed by atoms with Gasteiger partial charge in [0, 0.05) is 24.9 Å². The summed E-state index contributed by atoms with van der Waals surface area (Å²) in [6.07, 6.45) is 11.0. The Kier molecular flexibility index (Phi) is 4.36. The topological polar surface area (TPSA) is 72.4 Å². The van der Waals surface area contributed by atoms with Gasteiger partial charge in [0.05, 0.1) is 11.8 Å². The van der Waals surface area contributed by atoms with Gasteiger partial charge in [-0.25, -0.2) is 0 Å². The molecule has 0 atom stereocenters. The van der Waals surface area contributed by atoms with E-state index >= 15 is 0 Å². The van der Waals surface area contributed by atoms with Gasteiger partial charge in [-0.05, 0) is 31.7 Å². The Morgan fingerprint density at radius 1 is 1.08 bits per heavy atom. The van der Waals surface area contributed by atoms with E-state index in [1.807, 2.05) is 4.90 Å². The first kappa shape index (κ1) is 15.4. The van der Waals surface area contributed by atoms with E-state index < -0.39 is 0 Å². The molecule has 4 rings (SSSR count). The first-order chi connectivity index (χ1) is 11.8. The number of likely N-dealkylation sites (tertiary alicyclic amines) is 1. The van der Waals surface area contributed by atoms with Gasteiger partial charge in [0.2, 0.25) is 5.89 Å². The number of hydrogen-bond donors (Lipinski definition) is 0. The highest BCUT2D eigenvalue weighted by atomic mass is 16.5. The SMILES string of the molecule is O=C(c1ccoc1)N1CCC(c2nc(C3CCCCC3)no2)CC1. The van der Waals surface area contributed by atoms with Crippen molar-refractivity contribution in [2.24, 2.45) is 0 Å². The van der Waals surface area contributed by atoms with Crippen LogP contribution >= 0.6 is 0 Å². The summed E-state index contributed by atoms with van der Waals surface area (Å²) in [6, 6.07) is 1.71. The number of carbonyl (C=O) groups is 1. The number of aromatic nitrogens is 2. The highest BCUT2D eigenvalue weighted by molar-refractivity contribution is 5.93. The van der Waals surface area contributed by atoms with Gasteiger partial charge in [0.1, 0.15) is 6.26 Å². The van der Waals surface area contributed by atoms with Crippen molar-refractivity contribution in [1.82, 2.24) is 15.0 Å². The molecule has 1 saturated carbocycles. The lowest BCUT2D eigenvalue weighted by Gasteiger charge is -2.30. The Hall–Kier alpha value is -2.11. The fourth-order valence-electron chi connectivity index (χ4n) is 3.84. The molecule has 1 aliphatic carbocycles. The quantitative estimate of drug-likeness (QED) is 0.858. The number of furan rings is 1. The van der Waals surface area contributed by atoms with Gasteiger partial charge >= 0.3 is 0 Å². The van der Waals surface area contributed by atoms with Gasteiger partial charge in [-0.3, -0.25) is 4.79 Å². The van der Waals surface area contributed by atoms with Crippen LogP contribution in [0.15, 0.2) is 27.5 Å². The molecule has 0 unspecified atom stereocenters. The van der Waals surface area contributed by atoms with Crippen molar-refractivity contribution in [3.63, 3.8) is 0 Å². The molecule has 2 fully saturated rings. The van der Waals surface area contributed by atoms with Crippen molar-refractivity contribution in [2.75, 3.05) is 13.1 Å². The highest BCUT2D eigenvalue weighted by Gasteiger charge is 2.29. The van der Waals surface area contributed by atoms with Gasteiger partial charge in [0.15, 0.2) is 5.82 Å². The third-order valence-electron chi connectivity index (χ3n) is 5.33. The minimum absolute atomic E-state index is 0.0376. The summed E-state index contributed by atoms with van der Waals surface area (Å²) in [5, 5.41) is 4.23. The summed E-state index contributed by atoms with van der Waals surface area (Å²) in [5.74, 6) is 2.42. The Morgan fingerprint density at radius 3 is 2.58 bits per heavy atom. The van der Waals surface area contributed by atoms with E-state index in [0.29, 0.717) is 11.5 Å². The van der Waals surface area contributed by atoms with Crippen LogP contribution < -0.4 is 0 Å². The normalized spacial score (nSPS) is 20.4. The van der Waals surface area contributed by atoms with Crippen LogP contribution in [-0.2, 0) is 0 Å².